The van der Waals surface area contributed by atoms with Gasteiger partial charge >= 0.3 is 0 Å². The monoisotopic (exact) mass is 192 g/mol. The van der Waals surface area contributed by atoms with Crippen molar-refractivity contribution in [2.75, 3.05) is 0 Å². The molecule has 0 radical (unpaired) electrons. The highest BCUT2D eigenvalue weighted by Gasteiger charge is 2.53. The number of alkyl halides is 2. The third-order valence-corrected chi connectivity index (χ3v) is 3.29. The Bertz CT molecular complexity index is 186. The molecule has 1 N–H and O–H groups in total. The molecule has 0 aromatic heterocycles. The normalized spacial score (nSPS) is 35.8. The van der Waals surface area contributed by atoms with E-state index in [9.17, 15) is 13.9 Å². The fourth-order valence-electron chi connectivity index (χ4n) is 2.03. The summed E-state index contributed by atoms with van der Waals surface area (Å²) < 4.78 is 26.0. The minimum absolute atomic E-state index is 0.235. The van der Waals surface area contributed by atoms with Gasteiger partial charge in [0.05, 0.1) is 0 Å². The van der Waals surface area contributed by atoms with E-state index in [1.807, 2.05) is 13.8 Å². The molecule has 0 bridgehead atoms. The molecule has 0 heterocycles. The zero-order valence-electron chi connectivity index (χ0n) is 8.48. The van der Waals surface area contributed by atoms with Crippen LogP contribution in [0.4, 0.5) is 8.78 Å². The van der Waals surface area contributed by atoms with E-state index in [1.54, 1.807) is 0 Å². The van der Waals surface area contributed by atoms with Crippen molar-refractivity contribution in [3.8, 4) is 0 Å². The van der Waals surface area contributed by atoms with Gasteiger partial charge in [-0.05, 0) is 31.1 Å². The fourth-order valence-corrected chi connectivity index (χ4v) is 2.03. The first-order valence-electron chi connectivity index (χ1n) is 4.86. The van der Waals surface area contributed by atoms with E-state index in [0.717, 1.165) is 13.3 Å². The molecule has 1 rings (SSSR count). The standard InChI is InChI=1S/C10H18F2O/c1-7(2)8-4-5-10(13,6-8)9(3,11)12/h7-8,13H,4-6H2,1-3H3. The van der Waals surface area contributed by atoms with Gasteiger partial charge in [-0.1, -0.05) is 13.8 Å². The average molecular weight is 192 g/mol. The Hall–Kier alpha value is -0.180. The van der Waals surface area contributed by atoms with Crippen LogP contribution in [-0.2, 0) is 0 Å². The Labute approximate surface area is 78.1 Å². The molecule has 3 heteroatoms. The third kappa shape index (κ3) is 2.01. The molecule has 2 atom stereocenters. The maximum Gasteiger partial charge on any atom is 0.273 e. The summed E-state index contributed by atoms with van der Waals surface area (Å²) in [6.45, 7) is 4.85. The maximum atomic E-state index is 13.0. The first-order valence-corrected chi connectivity index (χ1v) is 4.86. The Morgan fingerprint density at radius 2 is 2.00 bits per heavy atom. The SMILES string of the molecule is CC(C)C1CCC(O)(C(C)(F)F)C1. The number of halogens is 2. The van der Waals surface area contributed by atoms with Gasteiger partial charge in [-0.15, -0.1) is 0 Å². The van der Waals surface area contributed by atoms with Crippen molar-refractivity contribution in [2.45, 2.75) is 51.6 Å². The fraction of sp³-hybridized carbons (Fsp3) is 1.00. The second-order valence-corrected chi connectivity index (χ2v) is 4.67. The summed E-state index contributed by atoms with van der Waals surface area (Å²) in [5.74, 6) is -2.33. The van der Waals surface area contributed by atoms with E-state index in [0.29, 0.717) is 5.92 Å². The van der Waals surface area contributed by atoms with Gasteiger partial charge in [-0.3, -0.25) is 0 Å². The molecular formula is C10H18F2O. The lowest BCUT2D eigenvalue weighted by molar-refractivity contribution is -0.167. The van der Waals surface area contributed by atoms with Crippen LogP contribution in [0.15, 0.2) is 0 Å². The van der Waals surface area contributed by atoms with Crippen LogP contribution in [0.1, 0.15) is 40.0 Å². The third-order valence-electron chi connectivity index (χ3n) is 3.29. The molecule has 0 aliphatic heterocycles. The minimum atomic E-state index is -2.96. The Balaban J connectivity index is 2.67. The highest BCUT2D eigenvalue weighted by molar-refractivity contribution is 4.97. The molecule has 78 valence electrons. The second kappa shape index (κ2) is 3.19. The van der Waals surface area contributed by atoms with Crippen molar-refractivity contribution in [2.24, 2.45) is 11.8 Å². The molecule has 0 aromatic carbocycles. The lowest BCUT2D eigenvalue weighted by Gasteiger charge is -2.30. The van der Waals surface area contributed by atoms with Crippen LogP contribution in [0.5, 0.6) is 0 Å². The summed E-state index contributed by atoms with van der Waals surface area (Å²) in [6.07, 6.45) is 1.20. The quantitative estimate of drug-likeness (QED) is 0.713. The second-order valence-electron chi connectivity index (χ2n) is 4.67. The zero-order chi connectivity index (χ0) is 10.3. The van der Waals surface area contributed by atoms with E-state index in [4.69, 9.17) is 0 Å². The number of hydrogen-bond donors (Lipinski definition) is 1. The molecule has 1 nitrogen and oxygen atoms in total. The van der Waals surface area contributed by atoms with Crippen LogP contribution in [-0.4, -0.2) is 16.6 Å². The highest BCUT2D eigenvalue weighted by atomic mass is 19.3. The molecule has 1 aliphatic carbocycles. The summed E-state index contributed by atoms with van der Waals surface area (Å²) in [5, 5.41) is 9.70. The van der Waals surface area contributed by atoms with Crippen LogP contribution in [0.3, 0.4) is 0 Å². The first-order chi connectivity index (χ1) is 5.76. The number of aliphatic hydroxyl groups is 1. The Morgan fingerprint density at radius 3 is 2.23 bits per heavy atom. The maximum absolute atomic E-state index is 13.0. The summed E-state index contributed by atoms with van der Waals surface area (Å²) in [5.41, 5.74) is -1.75. The number of hydrogen-bond acceptors (Lipinski definition) is 1. The molecule has 0 aromatic rings. The van der Waals surface area contributed by atoms with Crippen molar-refractivity contribution >= 4 is 0 Å². The molecule has 2 unspecified atom stereocenters. The summed E-state index contributed by atoms with van der Waals surface area (Å²) >= 11 is 0. The minimum Gasteiger partial charge on any atom is -0.384 e. The van der Waals surface area contributed by atoms with Crippen molar-refractivity contribution in [1.82, 2.24) is 0 Å². The van der Waals surface area contributed by atoms with Crippen LogP contribution in [0, 0.1) is 11.8 Å². The summed E-state index contributed by atoms with van der Waals surface area (Å²) in [6, 6.07) is 0. The Kier molecular flexibility index (Phi) is 2.68. The van der Waals surface area contributed by atoms with Crippen molar-refractivity contribution in [3.05, 3.63) is 0 Å². The molecule has 1 fully saturated rings. The van der Waals surface area contributed by atoms with Gasteiger partial charge in [-0.2, -0.15) is 0 Å². The van der Waals surface area contributed by atoms with Crippen LogP contribution < -0.4 is 0 Å². The molecule has 1 aliphatic rings. The van der Waals surface area contributed by atoms with Crippen molar-refractivity contribution in [3.63, 3.8) is 0 Å². The average Bonchev–Trinajstić information content (AvgIpc) is 2.31. The van der Waals surface area contributed by atoms with Crippen LogP contribution >= 0.6 is 0 Å². The predicted molar refractivity (Wildman–Crippen MR) is 47.7 cm³/mol. The van der Waals surface area contributed by atoms with Crippen molar-refractivity contribution in [1.29, 1.82) is 0 Å². The lowest BCUT2D eigenvalue weighted by Crippen LogP contribution is -2.43. The van der Waals surface area contributed by atoms with E-state index in [1.165, 1.54) is 0 Å². The van der Waals surface area contributed by atoms with Gasteiger partial charge in [0.1, 0.15) is 5.60 Å². The first kappa shape index (κ1) is 10.9. The van der Waals surface area contributed by atoms with E-state index in [-0.39, 0.29) is 18.8 Å². The predicted octanol–water partition coefficient (Wildman–Crippen LogP) is 2.83. The lowest BCUT2D eigenvalue weighted by atomic mass is 9.89. The van der Waals surface area contributed by atoms with Crippen LogP contribution in [0.2, 0.25) is 0 Å². The molecular weight excluding hydrogens is 174 g/mol. The zero-order valence-corrected chi connectivity index (χ0v) is 8.48. The molecule has 13 heavy (non-hydrogen) atoms. The summed E-state index contributed by atoms with van der Waals surface area (Å²) in [4.78, 5) is 0. The highest BCUT2D eigenvalue weighted by Crippen LogP contribution is 2.46. The molecule has 0 saturated heterocycles. The van der Waals surface area contributed by atoms with Gasteiger partial charge in [-0.25, -0.2) is 8.78 Å². The molecule has 1 saturated carbocycles. The summed E-state index contributed by atoms with van der Waals surface area (Å²) in [7, 11) is 0. The van der Waals surface area contributed by atoms with Crippen LogP contribution in [0.25, 0.3) is 0 Å². The van der Waals surface area contributed by atoms with E-state index < -0.39 is 11.5 Å². The van der Waals surface area contributed by atoms with Gasteiger partial charge in [0, 0.05) is 6.92 Å². The van der Waals surface area contributed by atoms with Gasteiger partial charge in [0.15, 0.2) is 0 Å². The largest absolute Gasteiger partial charge is 0.384 e. The van der Waals surface area contributed by atoms with Gasteiger partial charge in [0.2, 0.25) is 0 Å². The number of rotatable bonds is 2. The van der Waals surface area contributed by atoms with E-state index >= 15 is 0 Å². The Morgan fingerprint density at radius 1 is 1.46 bits per heavy atom. The molecule has 0 spiro atoms. The van der Waals surface area contributed by atoms with Crippen molar-refractivity contribution < 1.29 is 13.9 Å². The topological polar surface area (TPSA) is 20.2 Å². The smallest absolute Gasteiger partial charge is 0.273 e. The molecule has 0 amide bonds. The van der Waals surface area contributed by atoms with Gasteiger partial charge in [0.25, 0.3) is 5.92 Å². The van der Waals surface area contributed by atoms with Gasteiger partial charge < -0.3 is 5.11 Å². The van der Waals surface area contributed by atoms with E-state index in [2.05, 4.69) is 0 Å².